The van der Waals surface area contributed by atoms with E-state index >= 15 is 0 Å². The van der Waals surface area contributed by atoms with E-state index in [1.165, 1.54) is 0 Å². The molecular weight excluding hydrogens is 168 g/mol. The molecule has 72 valence electrons. The number of methoxy groups -OCH3 is 1. The summed E-state index contributed by atoms with van der Waals surface area (Å²) in [5, 5.41) is 18.5. The van der Waals surface area contributed by atoms with Crippen LogP contribution in [0.15, 0.2) is 24.3 Å². The van der Waals surface area contributed by atoms with Gasteiger partial charge >= 0.3 is 0 Å². The molecule has 3 heteroatoms. The van der Waals surface area contributed by atoms with Crippen LogP contribution in [0.25, 0.3) is 0 Å². The number of aliphatic hydroxyl groups is 1. The fraction of sp³-hybridized carbons (Fsp3) is 0.400. The smallest absolute Gasteiger partial charge is 0.119 e. The number of hydrogen-bond donors (Lipinski definition) is 2. The number of phenolic OH excluding ortho intramolecular Hbond substituents is 1. The largest absolute Gasteiger partial charge is 0.508 e. The van der Waals surface area contributed by atoms with Crippen molar-refractivity contribution in [3.63, 3.8) is 0 Å². The second kappa shape index (κ2) is 4.84. The third-order valence-electron chi connectivity index (χ3n) is 1.96. The van der Waals surface area contributed by atoms with Crippen molar-refractivity contribution >= 4 is 0 Å². The Morgan fingerprint density at radius 3 is 2.62 bits per heavy atom. The van der Waals surface area contributed by atoms with E-state index in [9.17, 15) is 5.11 Å². The van der Waals surface area contributed by atoms with Crippen LogP contribution in [0.3, 0.4) is 0 Å². The SMILES string of the molecule is COCC(CO)c1ccccc1O. The van der Waals surface area contributed by atoms with Gasteiger partial charge in [0.1, 0.15) is 5.75 Å². The first-order valence-corrected chi connectivity index (χ1v) is 4.17. The lowest BCUT2D eigenvalue weighted by Crippen LogP contribution is -2.10. The Hall–Kier alpha value is -1.06. The molecule has 0 radical (unpaired) electrons. The molecule has 0 aliphatic heterocycles. The molecule has 0 aliphatic carbocycles. The van der Waals surface area contributed by atoms with E-state index in [1.807, 2.05) is 6.07 Å². The highest BCUT2D eigenvalue weighted by atomic mass is 16.5. The highest BCUT2D eigenvalue weighted by molar-refractivity contribution is 5.34. The van der Waals surface area contributed by atoms with Crippen molar-refractivity contribution < 1.29 is 14.9 Å². The molecule has 0 bridgehead atoms. The summed E-state index contributed by atoms with van der Waals surface area (Å²) >= 11 is 0. The number of rotatable bonds is 4. The molecule has 3 nitrogen and oxygen atoms in total. The van der Waals surface area contributed by atoms with Crippen molar-refractivity contribution in [2.75, 3.05) is 20.3 Å². The molecule has 0 saturated carbocycles. The highest BCUT2D eigenvalue weighted by Gasteiger charge is 2.13. The van der Waals surface area contributed by atoms with Crippen molar-refractivity contribution in [2.24, 2.45) is 0 Å². The number of benzene rings is 1. The van der Waals surface area contributed by atoms with Crippen molar-refractivity contribution in [1.29, 1.82) is 0 Å². The maximum Gasteiger partial charge on any atom is 0.119 e. The number of phenols is 1. The van der Waals surface area contributed by atoms with Gasteiger partial charge in [-0.15, -0.1) is 0 Å². The first-order valence-electron chi connectivity index (χ1n) is 4.17. The van der Waals surface area contributed by atoms with Crippen LogP contribution in [-0.4, -0.2) is 30.5 Å². The van der Waals surface area contributed by atoms with Crippen molar-refractivity contribution in [2.45, 2.75) is 5.92 Å². The van der Waals surface area contributed by atoms with Gasteiger partial charge in [-0.1, -0.05) is 18.2 Å². The lowest BCUT2D eigenvalue weighted by atomic mass is 10.00. The minimum Gasteiger partial charge on any atom is -0.508 e. The van der Waals surface area contributed by atoms with Crippen LogP contribution in [0, 0.1) is 0 Å². The van der Waals surface area contributed by atoms with Crippen molar-refractivity contribution in [1.82, 2.24) is 0 Å². The molecule has 1 aromatic rings. The van der Waals surface area contributed by atoms with E-state index in [-0.39, 0.29) is 18.3 Å². The predicted octanol–water partition coefficient (Wildman–Crippen LogP) is 1.11. The molecule has 1 aromatic carbocycles. The molecule has 0 amide bonds. The Morgan fingerprint density at radius 2 is 2.08 bits per heavy atom. The zero-order chi connectivity index (χ0) is 9.68. The third-order valence-corrected chi connectivity index (χ3v) is 1.96. The normalized spacial score (nSPS) is 12.8. The van der Waals surface area contributed by atoms with Gasteiger partial charge < -0.3 is 14.9 Å². The highest BCUT2D eigenvalue weighted by Crippen LogP contribution is 2.24. The van der Waals surface area contributed by atoms with E-state index in [2.05, 4.69) is 0 Å². The zero-order valence-corrected chi connectivity index (χ0v) is 7.60. The Morgan fingerprint density at radius 1 is 1.38 bits per heavy atom. The Balaban J connectivity index is 2.84. The van der Waals surface area contributed by atoms with Gasteiger partial charge in [0.05, 0.1) is 13.2 Å². The van der Waals surface area contributed by atoms with Crippen LogP contribution in [0.5, 0.6) is 5.75 Å². The third kappa shape index (κ3) is 2.44. The Bertz CT molecular complexity index is 260. The van der Waals surface area contributed by atoms with E-state index in [1.54, 1.807) is 25.3 Å². The van der Waals surface area contributed by atoms with Gasteiger partial charge in [-0.3, -0.25) is 0 Å². The summed E-state index contributed by atoms with van der Waals surface area (Å²) in [4.78, 5) is 0. The summed E-state index contributed by atoms with van der Waals surface area (Å²) in [6, 6.07) is 6.97. The summed E-state index contributed by atoms with van der Waals surface area (Å²) in [6.45, 7) is 0.388. The number of aromatic hydroxyl groups is 1. The molecule has 1 atom stereocenters. The fourth-order valence-electron chi connectivity index (χ4n) is 1.27. The van der Waals surface area contributed by atoms with Gasteiger partial charge in [0, 0.05) is 18.6 Å². The molecule has 2 N–H and O–H groups in total. The minimum atomic E-state index is -0.147. The van der Waals surface area contributed by atoms with Crippen LogP contribution in [0.2, 0.25) is 0 Å². The molecule has 0 heterocycles. The van der Waals surface area contributed by atoms with Gasteiger partial charge in [-0.25, -0.2) is 0 Å². The Kier molecular flexibility index (Phi) is 3.73. The van der Waals surface area contributed by atoms with Gasteiger partial charge in [-0.2, -0.15) is 0 Å². The number of para-hydroxylation sites is 1. The average molecular weight is 182 g/mol. The number of ether oxygens (including phenoxy) is 1. The molecule has 0 saturated heterocycles. The minimum absolute atomic E-state index is 0.0224. The number of aliphatic hydroxyl groups excluding tert-OH is 1. The molecule has 0 fully saturated rings. The Labute approximate surface area is 77.6 Å². The van der Waals surface area contributed by atoms with Crippen molar-refractivity contribution in [3.8, 4) is 5.75 Å². The molecule has 0 spiro atoms. The van der Waals surface area contributed by atoms with Gasteiger partial charge in [0.15, 0.2) is 0 Å². The molecule has 13 heavy (non-hydrogen) atoms. The second-order valence-corrected chi connectivity index (χ2v) is 2.89. The van der Waals surface area contributed by atoms with Crippen LogP contribution in [-0.2, 0) is 4.74 Å². The zero-order valence-electron chi connectivity index (χ0n) is 7.60. The van der Waals surface area contributed by atoms with Gasteiger partial charge in [0.2, 0.25) is 0 Å². The van der Waals surface area contributed by atoms with E-state index in [0.717, 1.165) is 5.56 Å². The van der Waals surface area contributed by atoms with Crippen molar-refractivity contribution in [3.05, 3.63) is 29.8 Å². The lowest BCUT2D eigenvalue weighted by Gasteiger charge is -2.14. The monoisotopic (exact) mass is 182 g/mol. The standard InChI is InChI=1S/C10H14O3/c1-13-7-8(6-11)9-4-2-3-5-10(9)12/h2-5,8,11-12H,6-7H2,1H3. The lowest BCUT2D eigenvalue weighted by molar-refractivity contribution is 0.143. The summed E-state index contributed by atoms with van der Waals surface area (Å²) in [7, 11) is 1.57. The van der Waals surface area contributed by atoms with Gasteiger partial charge in [-0.05, 0) is 6.07 Å². The maximum absolute atomic E-state index is 9.47. The van der Waals surface area contributed by atoms with E-state index < -0.39 is 0 Å². The fourth-order valence-corrected chi connectivity index (χ4v) is 1.27. The first kappa shape index (κ1) is 10.0. The van der Waals surface area contributed by atoms with Gasteiger partial charge in [0.25, 0.3) is 0 Å². The number of hydrogen-bond acceptors (Lipinski definition) is 3. The van der Waals surface area contributed by atoms with E-state index in [0.29, 0.717) is 6.61 Å². The maximum atomic E-state index is 9.47. The van der Waals surface area contributed by atoms with Crippen LogP contribution in [0.4, 0.5) is 0 Å². The molecule has 1 rings (SSSR count). The molecule has 0 aliphatic rings. The van der Waals surface area contributed by atoms with Crippen LogP contribution >= 0.6 is 0 Å². The molecular formula is C10H14O3. The molecule has 0 aromatic heterocycles. The summed E-state index contributed by atoms with van der Waals surface area (Å²) in [5.41, 5.74) is 0.729. The van der Waals surface area contributed by atoms with Crippen LogP contribution in [0.1, 0.15) is 11.5 Å². The quantitative estimate of drug-likeness (QED) is 0.733. The summed E-state index contributed by atoms with van der Waals surface area (Å²) in [5.74, 6) is 0.0600. The average Bonchev–Trinajstić information content (AvgIpc) is 2.16. The molecule has 1 unspecified atom stereocenters. The topological polar surface area (TPSA) is 49.7 Å². The van der Waals surface area contributed by atoms with E-state index in [4.69, 9.17) is 9.84 Å². The first-order chi connectivity index (χ1) is 6.29. The second-order valence-electron chi connectivity index (χ2n) is 2.89. The summed E-state index contributed by atoms with van der Waals surface area (Å²) in [6.07, 6.45) is 0. The van der Waals surface area contributed by atoms with Crippen LogP contribution < -0.4 is 0 Å². The predicted molar refractivity (Wildman–Crippen MR) is 49.8 cm³/mol. The summed E-state index contributed by atoms with van der Waals surface area (Å²) < 4.78 is 4.93.